The smallest absolute Gasteiger partial charge is 0.320 e. The number of benzene rings is 2. The Balaban J connectivity index is 1.64. The molecule has 2 heterocycles. The van der Waals surface area contributed by atoms with E-state index >= 15 is 0 Å². The molecule has 14 heteroatoms. The van der Waals surface area contributed by atoms with Crippen LogP contribution in [0.2, 0.25) is 0 Å². The SMILES string of the molecule is CCCS(=O)(=O)Nc1ccc(F)c(C(=O)Nc2cnc3[nH]nc(-c4ccc(C(F)(F)F)cc4)c3c2)c1F. The van der Waals surface area contributed by atoms with E-state index in [9.17, 15) is 35.2 Å². The Hall–Kier alpha value is -4.07. The molecule has 0 saturated carbocycles. The number of pyridine rings is 1. The fourth-order valence-electron chi connectivity index (χ4n) is 3.53. The molecule has 0 fully saturated rings. The highest BCUT2D eigenvalue weighted by atomic mass is 32.2. The second-order valence-corrected chi connectivity index (χ2v) is 9.77. The monoisotopic (exact) mass is 539 g/mol. The minimum Gasteiger partial charge on any atom is -0.320 e. The number of hydrogen-bond donors (Lipinski definition) is 3. The standard InChI is InChI=1S/C23H18F5N5O3S/c1-2-9-37(35,36)33-17-8-7-16(24)18(19(17)25)22(34)30-14-10-15-20(31-32-21(15)29-11-14)12-3-5-13(6-4-12)23(26,27)28/h3-8,10-11,33H,2,9H2,1H3,(H,30,34)(H,29,31,32). The molecule has 0 saturated heterocycles. The number of halogens is 5. The molecule has 0 aliphatic heterocycles. The van der Waals surface area contributed by atoms with E-state index in [2.05, 4.69) is 20.5 Å². The number of H-pyrrole nitrogens is 1. The van der Waals surface area contributed by atoms with E-state index < -0.39 is 50.6 Å². The molecule has 194 valence electrons. The van der Waals surface area contributed by atoms with E-state index in [4.69, 9.17) is 0 Å². The van der Waals surface area contributed by atoms with Crippen molar-refractivity contribution in [1.29, 1.82) is 0 Å². The fourth-order valence-corrected chi connectivity index (χ4v) is 4.66. The molecule has 0 aliphatic rings. The van der Waals surface area contributed by atoms with E-state index in [1.165, 1.54) is 24.4 Å². The Labute approximate surface area is 207 Å². The molecule has 0 radical (unpaired) electrons. The highest BCUT2D eigenvalue weighted by molar-refractivity contribution is 7.92. The van der Waals surface area contributed by atoms with Crippen molar-refractivity contribution >= 4 is 38.3 Å². The first kappa shape index (κ1) is 26.0. The summed E-state index contributed by atoms with van der Waals surface area (Å²) in [6.07, 6.45) is -3.08. The van der Waals surface area contributed by atoms with Gasteiger partial charge in [0.25, 0.3) is 5.91 Å². The number of anilines is 2. The number of alkyl halides is 3. The van der Waals surface area contributed by atoms with Gasteiger partial charge in [0.2, 0.25) is 10.0 Å². The lowest BCUT2D eigenvalue weighted by Crippen LogP contribution is -2.20. The van der Waals surface area contributed by atoms with Crippen LogP contribution in [0.1, 0.15) is 29.3 Å². The van der Waals surface area contributed by atoms with Crippen LogP contribution in [0.15, 0.2) is 48.7 Å². The third-order valence-corrected chi connectivity index (χ3v) is 6.69. The van der Waals surface area contributed by atoms with Gasteiger partial charge in [-0.3, -0.25) is 14.6 Å². The first-order valence-corrected chi connectivity index (χ1v) is 12.4. The lowest BCUT2D eigenvalue weighted by molar-refractivity contribution is -0.137. The molecule has 0 atom stereocenters. The molecule has 1 amide bonds. The number of sulfonamides is 1. The first-order valence-electron chi connectivity index (χ1n) is 10.7. The summed E-state index contributed by atoms with van der Waals surface area (Å²) in [7, 11) is -3.91. The van der Waals surface area contributed by atoms with E-state index in [0.29, 0.717) is 10.9 Å². The number of aromatic amines is 1. The number of aromatic nitrogens is 3. The maximum Gasteiger partial charge on any atom is 0.416 e. The molecule has 0 bridgehead atoms. The summed E-state index contributed by atoms with van der Waals surface area (Å²) in [6.45, 7) is 1.60. The molecule has 3 N–H and O–H groups in total. The lowest BCUT2D eigenvalue weighted by atomic mass is 10.1. The minimum atomic E-state index is -4.51. The predicted molar refractivity (Wildman–Crippen MR) is 126 cm³/mol. The van der Waals surface area contributed by atoms with Gasteiger partial charge in [-0.15, -0.1) is 0 Å². The third-order valence-electron chi connectivity index (χ3n) is 5.22. The van der Waals surface area contributed by atoms with Gasteiger partial charge in [0.05, 0.1) is 28.9 Å². The molecule has 0 aliphatic carbocycles. The second-order valence-electron chi connectivity index (χ2n) is 7.93. The average molecular weight is 539 g/mol. The third kappa shape index (κ3) is 5.53. The molecule has 8 nitrogen and oxygen atoms in total. The van der Waals surface area contributed by atoms with E-state index in [0.717, 1.165) is 24.3 Å². The number of hydrogen-bond acceptors (Lipinski definition) is 5. The van der Waals surface area contributed by atoms with Crippen molar-refractivity contribution in [3.8, 4) is 11.3 Å². The van der Waals surface area contributed by atoms with Crippen LogP contribution in [0.25, 0.3) is 22.3 Å². The van der Waals surface area contributed by atoms with Crippen molar-refractivity contribution in [3.63, 3.8) is 0 Å². The maximum atomic E-state index is 14.9. The molecule has 2 aromatic heterocycles. The van der Waals surface area contributed by atoms with Crippen molar-refractivity contribution in [1.82, 2.24) is 15.2 Å². The van der Waals surface area contributed by atoms with Crippen LogP contribution >= 0.6 is 0 Å². The number of nitrogens with one attached hydrogen (secondary N) is 3. The van der Waals surface area contributed by atoms with Crippen LogP contribution in [0.4, 0.5) is 33.3 Å². The van der Waals surface area contributed by atoms with Crippen LogP contribution < -0.4 is 10.0 Å². The summed E-state index contributed by atoms with van der Waals surface area (Å²) in [5, 5.41) is 9.29. The average Bonchev–Trinajstić information content (AvgIpc) is 3.24. The molecule has 2 aromatic carbocycles. The lowest BCUT2D eigenvalue weighted by Gasteiger charge is -2.12. The molecular weight excluding hydrogens is 521 g/mol. The summed E-state index contributed by atoms with van der Waals surface area (Å²) < 4.78 is 93.9. The number of rotatable bonds is 7. The highest BCUT2D eigenvalue weighted by Gasteiger charge is 2.30. The number of nitrogens with zero attached hydrogens (tertiary/aromatic N) is 2. The predicted octanol–water partition coefficient (Wildman–Crippen LogP) is 5.33. The van der Waals surface area contributed by atoms with Crippen molar-refractivity contribution in [3.05, 3.63) is 71.4 Å². The number of carbonyl (C=O) groups is 1. The zero-order valence-electron chi connectivity index (χ0n) is 19.0. The summed E-state index contributed by atoms with van der Waals surface area (Å²) in [6, 6.07) is 7.22. The zero-order chi connectivity index (χ0) is 27.0. The quantitative estimate of drug-likeness (QED) is 0.275. The zero-order valence-corrected chi connectivity index (χ0v) is 19.8. The van der Waals surface area contributed by atoms with Crippen molar-refractivity contribution in [2.75, 3.05) is 15.8 Å². The normalized spacial score (nSPS) is 12.1. The highest BCUT2D eigenvalue weighted by Crippen LogP contribution is 2.33. The van der Waals surface area contributed by atoms with Crippen LogP contribution in [0.3, 0.4) is 0 Å². The Kier molecular flexibility index (Phi) is 6.86. The number of carbonyl (C=O) groups excluding carboxylic acids is 1. The Morgan fingerprint density at radius 2 is 1.78 bits per heavy atom. The topological polar surface area (TPSA) is 117 Å². The van der Waals surface area contributed by atoms with Crippen LogP contribution in [-0.2, 0) is 16.2 Å². The largest absolute Gasteiger partial charge is 0.416 e. The van der Waals surface area contributed by atoms with Gasteiger partial charge in [-0.25, -0.2) is 22.2 Å². The first-order chi connectivity index (χ1) is 17.4. The van der Waals surface area contributed by atoms with Gasteiger partial charge in [-0.2, -0.15) is 18.3 Å². The number of amides is 1. The molecule has 0 unspecified atom stereocenters. The Bertz CT molecular complexity index is 1590. The molecule has 0 spiro atoms. The van der Waals surface area contributed by atoms with E-state index in [-0.39, 0.29) is 29.2 Å². The van der Waals surface area contributed by atoms with Gasteiger partial charge < -0.3 is 5.32 Å². The molecular formula is C23H18F5N5O3S. The van der Waals surface area contributed by atoms with Crippen LogP contribution in [0.5, 0.6) is 0 Å². The fraction of sp³-hybridized carbons (Fsp3) is 0.174. The van der Waals surface area contributed by atoms with Crippen molar-refractivity contribution in [2.24, 2.45) is 0 Å². The summed E-state index contributed by atoms with van der Waals surface area (Å²) >= 11 is 0. The van der Waals surface area contributed by atoms with Gasteiger partial charge in [-0.05, 0) is 36.8 Å². The van der Waals surface area contributed by atoms with Gasteiger partial charge in [-0.1, -0.05) is 19.1 Å². The molecule has 4 rings (SSSR count). The van der Waals surface area contributed by atoms with E-state index in [1.807, 2.05) is 4.72 Å². The summed E-state index contributed by atoms with van der Waals surface area (Å²) in [4.78, 5) is 16.8. The molecule has 37 heavy (non-hydrogen) atoms. The Morgan fingerprint density at radius 1 is 1.08 bits per heavy atom. The van der Waals surface area contributed by atoms with Gasteiger partial charge in [0.15, 0.2) is 11.5 Å². The van der Waals surface area contributed by atoms with Crippen LogP contribution in [0, 0.1) is 11.6 Å². The van der Waals surface area contributed by atoms with Gasteiger partial charge in [0, 0.05) is 10.9 Å². The second kappa shape index (κ2) is 9.76. The van der Waals surface area contributed by atoms with Gasteiger partial charge in [0.1, 0.15) is 17.1 Å². The Morgan fingerprint density at radius 3 is 2.43 bits per heavy atom. The summed E-state index contributed by atoms with van der Waals surface area (Å²) in [5.74, 6) is -4.15. The van der Waals surface area contributed by atoms with E-state index in [1.54, 1.807) is 6.92 Å². The van der Waals surface area contributed by atoms with Crippen molar-refractivity contribution < 1.29 is 35.2 Å². The maximum absolute atomic E-state index is 14.9. The minimum absolute atomic E-state index is 0.00262. The van der Waals surface area contributed by atoms with Gasteiger partial charge >= 0.3 is 6.18 Å². The van der Waals surface area contributed by atoms with Crippen molar-refractivity contribution in [2.45, 2.75) is 19.5 Å². The molecule has 4 aromatic rings. The summed E-state index contributed by atoms with van der Waals surface area (Å²) in [5.41, 5.74) is -1.64. The van der Waals surface area contributed by atoms with Crippen LogP contribution in [-0.4, -0.2) is 35.3 Å². The number of fused-ring (bicyclic) bond motifs is 1.